The van der Waals surface area contributed by atoms with Crippen LogP contribution in [-0.4, -0.2) is 18.0 Å². The van der Waals surface area contributed by atoms with Crippen LogP contribution in [0.25, 0.3) is 0 Å². The Labute approximate surface area is 106 Å². The molecule has 3 atom stereocenters. The van der Waals surface area contributed by atoms with Crippen molar-refractivity contribution in [1.82, 2.24) is 5.32 Å². The first kappa shape index (κ1) is 14.5. The minimum Gasteiger partial charge on any atom is -0.352 e. The summed E-state index contributed by atoms with van der Waals surface area (Å²) in [4.78, 5) is 12.0. The molecule has 0 aromatic carbocycles. The van der Waals surface area contributed by atoms with Crippen LogP contribution in [0.5, 0.6) is 0 Å². The van der Waals surface area contributed by atoms with E-state index in [2.05, 4.69) is 26.1 Å². The predicted molar refractivity (Wildman–Crippen MR) is 71.6 cm³/mol. The molecule has 1 amide bonds. The van der Waals surface area contributed by atoms with Crippen molar-refractivity contribution in [3.8, 4) is 0 Å². The summed E-state index contributed by atoms with van der Waals surface area (Å²) in [5.74, 6) is 1.10. The van der Waals surface area contributed by atoms with Crippen molar-refractivity contribution >= 4 is 5.91 Å². The summed E-state index contributed by atoms with van der Waals surface area (Å²) in [6.45, 7) is 6.44. The van der Waals surface area contributed by atoms with Crippen LogP contribution in [0.2, 0.25) is 0 Å². The van der Waals surface area contributed by atoms with Gasteiger partial charge >= 0.3 is 0 Å². The Morgan fingerprint density at radius 2 is 1.94 bits per heavy atom. The minimum absolute atomic E-state index is 0.0393. The average Bonchev–Trinajstić information content (AvgIpc) is 2.43. The third-order valence-corrected chi connectivity index (χ3v) is 3.75. The van der Waals surface area contributed by atoms with Crippen molar-refractivity contribution in [2.45, 2.75) is 71.4 Å². The lowest BCUT2D eigenvalue weighted by molar-refractivity contribution is -0.123. The standard InChI is InChI=1S/C14H28N2O/c1-10(2)9-12(15)14(17)16-13-8-6-4-5-7-11(13)3/h10-13H,4-9,15H2,1-3H3,(H,16,17). The van der Waals surface area contributed by atoms with Gasteiger partial charge in [-0.05, 0) is 31.1 Å². The van der Waals surface area contributed by atoms with Gasteiger partial charge in [0.25, 0.3) is 0 Å². The molecule has 3 heteroatoms. The highest BCUT2D eigenvalue weighted by atomic mass is 16.2. The van der Waals surface area contributed by atoms with Crippen molar-refractivity contribution in [2.75, 3.05) is 0 Å². The van der Waals surface area contributed by atoms with Crippen LogP contribution in [0.4, 0.5) is 0 Å². The fourth-order valence-corrected chi connectivity index (χ4v) is 2.61. The van der Waals surface area contributed by atoms with E-state index < -0.39 is 0 Å². The van der Waals surface area contributed by atoms with Crippen molar-refractivity contribution in [1.29, 1.82) is 0 Å². The number of rotatable bonds is 4. The second-order valence-electron chi connectivity index (χ2n) is 5.97. The monoisotopic (exact) mass is 240 g/mol. The SMILES string of the molecule is CC(C)CC(N)C(=O)NC1CCCCCC1C. The van der Waals surface area contributed by atoms with Gasteiger partial charge in [-0.2, -0.15) is 0 Å². The maximum Gasteiger partial charge on any atom is 0.237 e. The molecule has 0 radical (unpaired) electrons. The zero-order valence-electron chi connectivity index (χ0n) is 11.5. The van der Waals surface area contributed by atoms with E-state index in [9.17, 15) is 4.79 Å². The summed E-state index contributed by atoms with van der Waals surface area (Å²) in [7, 11) is 0. The molecule has 0 bridgehead atoms. The lowest BCUT2D eigenvalue weighted by Gasteiger charge is -2.25. The predicted octanol–water partition coefficient (Wildman–Crippen LogP) is 2.44. The van der Waals surface area contributed by atoms with E-state index in [1.54, 1.807) is 0 Å². The molecule has 0 saturated heterocycles. The van der Waals surface area contributed by atoms with Crippen molar-refractivity contribution in [3.63, 3.8) is 0 Å². The molecular weight excluding hydrogens is 212 g/mol. The molecule has 1 fully saturated rings. The summed E-state index contributed by atoms with van der Waals surface area (Å²) < 4.78 is 0. The number of nitrogens with one attached hydrogen (secondary N) is 1. The molecule has 100 valence electrons. The van der Waals surface area contributed by atoms with E-state index in [1.165, 1.54) is 25.7 Å². The summed E-state index contributed by atoms with van der Waals surface area (Å²) in [5.41, 5.74) is 5.91. The van der Waals surface area contributed by atoms with Crippen molar-refractivity contribution in [2.24, 2.45) is 17.6 Å². The summed E-state index contributed by atoms with van der Waals surface area (Å²) in [5, 5.41) is 3.15. The third kappa shape index (κ3) is 5.07. The second-order valence-corrected chi connectivity index (χ2v) is 5.97. The van der Waals surface area contributed by atoms with Gasteiger partial charge in [0.1, 0.15) is 0 Å². The van der Waals surface area contributed by atoms with Gasteiger partial charge in [0, 0.05) is 6.04 Å². The maximum absolute atomic E-state index is 12.0. The molecule has 0 heterocycles. The number of carbonyl (C=O) groups excluding carboxylic acids is 1. The van der Waals surface area contributed by atoms with Crippen LogP contribution in [0.1, 0.15) is 59.3 Å². The Balaban J connectivity index is 2.42. The zero-order valence-corrected chi connectivity index (χ0v) is 11.5. The number of amides is 1. The first-order valence-electron chi connectivity index (χ1n) is 7.06. The maximum atomic E-state index is 12.0. The van der Waals surface area contributed by atoms with Crippen LogP contribution in [-0.2, 0) is 4.79 Å². The Bertz CT molecular complexity index is 240. The lowest BCUT2D eigenvalue weighted by atomic mass is 9.96. The Morgan fingerprint density at radius 1 is 1.29 bits per heavy atom. The molecule has 3 nitrogen and oxygen atoms in total. The number of nitrogens with two attached hydrogens (primary N) is 1. The first-order valence-corrected chi connectivity index (χ1v) is 7.06. The van der Waals surface area contributed by atoms with Crippen LogP contribution < -0.4 is 11.1 Å². The molecule has 3 unspecified atom stereocenters. The number of hydrogen-bond acceptors (Lipinski definition) is 2. The summed E-state index contributed by atoms with van der Waals surface area (Å²) >= 11 is 0. The Hall–Kier alpha value is -0.570. The van der Waals surface area contributed by atoms with Crippen LogP contribution >= 0.6 is 0 Å². The molecule has 1 aliphatic carbocycles. The highest BCUT2D eigenvalue weighted by Crippen LogP contribution is 2.23. The molecule has 1 saturated carbocycles. The zero-order chi connectivity index (χ0) is 12.8. The summed E-state index contributed by atoms with van der Waals surface area (Å²) in [6.07, 6.45) is 6.94. The molecule has 0 spiro atoms. The first-order chi connectivity index (χ1) is 8.00. The third-order valence-electron chi connectivity index (χ3n) is 3.75. The van der Waals surface area contributed by atoms with E-state index in [1.807, 2.05) is 0 Å². The lowest BCUT2D eigenvalue weighted by Crippen LogP contribution is -2.47. The highest BCUT2D eigenvalue weighted by Gasteiger charge is 2.24. The van der Waals surface area contributed by atoms with E-state index in [-0.39, 0.29) is 11.9 Å². The minimum atomic E-state index is -0.342. The molecule has 0 aliphatic heterocycles. The Kier molecular flexibility index (Phi) is 5.96. The quantitative estimate of drug-likeness (QED) is 0.742. The van der Waals surface area contributed by atoms with Gasteiger partial charge in [0.15, 0.2) is 0 Å². The molecule has 3 N–H and O–H groups in total. The van der Waals surface area contributed by atoms with Crippen molar-refractivity contribution in [3.05, 3.63) is 0 Å². The molecule has 1 aliphatic rings. The van der Waals surface area contributed by atoms with Gasteiger partial charge in [-0.15, -0.1) is 0 Å². The van der Waals surface area contributed by atoms with Gasteiger partial charge in [0.05, 0.1) is 6.04 Å². The topological polar surface area (TPSA) is 55.1 Å². The fourth-order valence-electron chi connectivity index (χ4n) is 2.61. The van der Waals surface area contributed by atoms with Crippen molar-refractivity contribution < 1.29 is 4.79 Å². The fraction of sp³-hybridized carbons (Fsp3) is 0.929. The summed E-state index contributed by atoms with van der Waals surface area (Å²) in [6, 6.07) is -0.00587. The molecular formula is C14H28N2O. The van der Waals surface area contributed by atoms with Gasteiger partial charge in [-0.3, -0.25) is 4.79 Å². The van der Waals surface area contributed by atoms with E-state index in [0.717, 1.165) is 12.8 Å². The smallest absolute Gasteiger partial charge is 0.237 e. The molecule has 0 aromatic heterocycles. The van der Waals surface area contributed by atoms with E-state index in [0.29, 0.717) is 17.9 Å². The largest absolute Gasteiger partial charge is 0.352 e. The number of hydrogen-bond donors (Lipinski definition) is 2. The molecule has 0 aromatic rings. The van der Waals surface area contributed by atoms with Crippen LogP contribution in [0.15, 0.2) is 0 Å². The Morgan fingerprint density at radius 3 is 2.59 bits per heavy atom. The van der Waals surface area contributed by atoms with Crippen LogP contribution in [0.3, 0.4) is 0 Å². The average molecular weight is 240 g/mol. The van der Waals surface area contributed by atoms with Gasteiger partial charge in [0.2, 0.25) is 5.91 Å². The normalized spacial score (nSPS) is 27.6. The van der Waals surface area contributed by atoms with Gasteiger partial charge in [-0.1, -0.05) is 40.0 Å². The van der Waals surface area contributed by atoms with E-state index in [4.69, 9.17) is 5.73 Å². The van der Waals surface area contributed by atoms with Gasteiger partial charge < -0.3 is 11.1 Å². The molecule has 17 heavy (non-hydrogen) atoms. The van der Waals surface area contributed by atoms with Gasteiger partial charge in [-0.25, -0.2) is 0 Å². The molecule has 1 rings (SSSR count). The van der Waals surface area contributed by atoms with E-state index >= 15 is 0 Å². The van der Waals surface area contributed by atoms with Crippen LogP contribution in [0, 0.1) is 11.8 Å². The second kappa shape index (κ2) is 7.00. The highest BCUT2D eigenvalue weighted by molar-refractivity contribution is 5.81. The number of carbonyl (C=O) groups is 1.